The first-order valence-electron chi connectivity index (χ1n) is 6.69. The summed E-state index contributed by atoms with van der Waals surface area (Å²) >= 11 is 0. The highest BCUT2D eigenvalue weighted by Crippen LogP contribution is 2.12. The Balaban J connectivity index is 1.78. The van der Waals surface area contributed by atoms with E-state index in [4.69, 9.17) is 4.74 Å². The van der Waals surface area contributed by atoms with Crippen molar-refractivity contribution in [1.29, 1.82) is 0 Å². The molecule has 0 fully saturated rings. The number of nitrogens with zero attached hydrogens (tertiary/aromatic N) is 2. The van der Waals surface area contributed by atoms with Crippen molar-refractivity contribution in [3.05, 3.63) is 47.8 Å². The quantitative estimate of drug-likeness (QED) is 0.828. The summed E-state index contributed by atoms with van der Waals surface area (Å²) < 4.78 is 7.61. The summed E-state index contributed by atoms with van der Waals surface area (Å²) in [6, 6.07) is 10.3. The summed E-state index contributed by atoms with van der Waals surface area (Å²) in [6.45, 7) is 4.68. The molecule has 102 valence electrons. The fraction of sp³-hybridized carbons (Fsp3) is 0.400. The van der Waals surface area contributed by atoms with E-state index in [1.807, 2.05) is 36.1 Å². The molecule has 0 unspecified atom stereocenters. The van der Waals surface area contributed by atoms with Crippen molar-refractivity contribution >= 4 is 0 Å². The lowest BCUT2D eigenvalue weighted by Crippen LogP contribution is -2.11. The summed E-state index contributed by atoms with van der Waals surface area (Å²) in [5.74, 6) is 0.919. The van der Waals surface area contributed by atoms with Crippen LogP contribution in [0.2, 0.25) is 0 Å². The molecule has 2 aromatic rings. The van der Waals surface area contributed by atoms with Gasteiger partial charge in [0.05, 0.1) is 6.61 Å². The molecule has 0 bridgehead atoms. The molecule has 1 aromatic heterocycles. The zero-order valence-electron chi connectivity index (χ0n) is 11.6. The summed E-state index contributed by atoms with van der Waals surface area (Å²) in [4.78, 5) is 0. The van der Waals surface area contributed by atoms with Crippen molar-refractivity contribution in [3.8, 4) is 5.75 Å². The Morgan fingerprint density at radius 1 is 1.21 bits per heavy atom. The highest BCUT2D eigenvalue weighted by molar-refractivity contribution is 5.27. The molecular weight excluding hydrogens is 238 g/mol. The van der Waals surface area contributed by atoms with E-state index < -0.39 is 0 Å². The predicted octanol–water partition coefficient (Wildman–Crippen LogP) is 2.15. The Kier molecular flexibility index (Phi) is 4.98. The summed E-state index contributed by atoms with van der Waals surface area (Å²) in [6.07, 6.45) is 2.68. The maximum atomic E-state index is 5.73. The van der Waals surface area contributed by atoms with Crippen LogP contribution in [0, 0.1) is 0 Å². The van der Waals surface area contributed by atoms with Crippen LogP contribution < -0.4 is 10.1 Å². The lowest BCUT2D eigenvalue weighted by Gasteiger charge is -2.08. The van der Waals surface area contributed by atoms with Gasteiger partial charge in [-0.2, -0.15) is 5.10 Å². The number of aryl methyl sites for hydroxylation is 1. The second kappa shape index (κ2) is 6.95. The normalized spacial score (nSPS) is 10.6. The van der Waals surface area contributed by atoms with Crippen LogP contribution in [0.3, 0.4) is 0 Å². The van der Waals surface area contributed by atoms with Gasteiger partial charge in [-0.25, -0.2) is 0 Å². The molecule has 0 aliphatic heterocycles. The summed E-state index contributed by atoms with van der Waals surface area (Å²) in [5.41, 5.74) is 2.46. The molecule has 1 N–H and O–H groups in total. The van der Waals surface area contributed by atoms with Gasteiger partial charge < -0.3 is 10.1 Å². The van der Waals surface area contributed by atoms with E-state index in [-0.39, 0.29) is 0 Å². The smallest absolute Gasteiger partial charge is 0.119 e. The molecule has 4 heteroatoms. The molecule has 0 amide bonds. The van der Waals surface area contributed by atoms with E-state index in [0.29, 0.717) is 6.61 Å². The first kappa shape index (κ1) is 13.6. The van der Waals surface area contributed by atoms with Gasteiger partial charge >= 0.3 is 0 Å². The van der Waals surface area contributed by atoms with Crippen LogP contribution in [-0.2, 0) is 20.0 Å². The molecule has 0 radical (unpaired) electrons. The fourth-order valence-electron chi connectivity index (χ4n) is 1.89. The summed E-state index contributed by atoms with van der Waals surface area (Å²) in [5, 5.41) is 7.44. The zero-order valence-corrected chi connectivity index (χ0v) is 11.6. The molecule has 19 heavy (non-hydrogen) atoms. The Hall–Kier alpha value is -1.81. The van der Waals surface area contributed by atoms with Crippen molar-refractivity contribution in [2.45, 2.75) is 19.9 Å². The average Bonchev–Trinajstić information content (AvgIpc) is 2.84. The molecule has 0 saturated carbocycles. The number of ether oxygens (including phenoxy) is 1. The number of aromatic nitrogens is 2. The second-order valence-electron chi connectivity index (χ2n) is 4.47. The average molecular weight is 259 g/mol. The third-order valence-electron chi connectivity index (χ3n) is 3.05. The largest absolute Gasteiger partial charge is 0.493 e. The minimum absolute atomic E-state index is 0.673. The van der Waals surface area contributed by atoms with Gasteiger partial charge in [0.25, 0.3) is 0 Å². The van der Waals surface area contributed by atoms with E-state index in [1.165, 1.54) is 11.3 Å². The standard InChI is InChI=1S/C15H21N3O/c1-3-16-12-13-4-6-15(7-5-13)19-11-9-14-8-10-17-18(14)2/h4-8,10,16H,3,9,11-12H2,1-2H3. The predicted molar refractivity (Wildman–Crippen MR) is 76.2 cm³/mol. The van der Waals surface area contributed by atoms with Gasteiger partial charge in [0, 0.05) is 31.9 Å². The highest BCUT2D eigenvalue weighted by Gasteiger charge is 1.99. The monoisotopic (exact) mass is 259 g/mol. The maximum Gasteiger partial charge on any atom is 0.119 e. The SMILES string of the molecule is CCNCc1ccc(OCCc2ccnn2C)cc1. The van der Waals surface area contributed by atoms with Gasteiger partial charge in [-0.3, -0.25) is 4.68 Å². The summed E-state index contributed by atoms with van der Waals surface area (Å²) in [7, 11) is 1.95. The number of hydrogen-bond acceptors (Lipinski definition) is 3. The van der Waals surface area contributed by atoms with Crippen LogP contribution in [0.25, 0.3) is 0 Å². The van der Waals surface area contributed by atoms with Crippen LogP contribution in [0.5, 0.6) is 5.75 Å². The first-order valence-corrected chi connectivity index (χ1v) is 6.69. The molecule has 0 atom stereocenters. The lowest BCUT2D eigenvalue weighted by atomic mass is 10.2. The molecule has 0 saturated heterocycles. The van der Waals surface area contributed by atoms with Crippen molar-refractivity contribution in [1.82, 2.24) is 15.1 Å². The van der Waals surface area contributed by atoms with Crippen LogP contribution >= 0.6 is 0 Å². The van der Waals surface area contributed by atoms with Crippen molar-refractivity contribution in [2.75, 3.05) is 13.2 Å². The van der Waals surface area contributed by atoms with Crippen LogP contribution in [0.1, 0.15) is 18.2 Å². The van der Waals surface area contributed by atoms with Crippen LogP contribution in [-0.4, -0.2) is 22.9 Å². The highest BCUT2D eigenvalue weighted by atomic mass is 16.5. The minimum atomic E-state index is 0.673. The third kappa shape index (κ3) is 4.10. The number of nitrogens with one attached hydrogen (secondary N) is 1. The van der Waals surface area contributed by atoms with Crippen LogP contribution in [0.4, 0.5) is 0 Å². The second-order valence-corrected chi connectivity index (χ2v) is 4.47. The van der Waals surface area contributed by atoms with E-state index in [9.17, 15) is 0 Å². The zero-order chi connectivity index (χ0) is 13.5. The van der Waals surface area contributed by atoms with Gasteiger partial charge in [-0.15, -0.1) is 0 Å². The Morgan fingerprint density at radius 2 is 2.00 bits per heavy atom. The lowest BCUT2D eigenvalue weighted by molar-refractivity contribution is 0.318. The van der Waals surface area contributed by atoms with Gasteiger partial charge in [-0.1, -0.05) is 19.1 Å². The molecule has 4 nitrogen and oxygen atoms in total. The molecule has 0 spiro atoms. The van der Waals surface area contributed by atoms with Crippen molar-refractivity contribution in [2.24, 2.45) is 7.05 Å². The van der Waals surface area contributed by atoms with Gasteiger partial charge in [0.2, 0.25) is 0 Å². The van der Waals surface area contributed by atoms with E-state index >= 15 is 0 Å². The van der Waals surface area contributed by atoms with Gasteiger partial charge in [0.15, 0.2) is 0 Å². The Bertz CT molecular complexity index is 490. The van der Waals surface area contributed by atoms with Crippen molar-refractivity contribution in [3.63, 3.8) is 0 Å². The maximum absolute atomic E-state index is 5.73. The van der Waals surface area contributed by atoms with Crippen LogP contribution in [0.15, 0.2) is 36.5 Å². The van der Waals surface area contributed by atoms with Crippen molar-refractivity contribution < 1.29 is 4.74 Å². The first-order chi connectivity index (χ1) is 9.29. The molecule has 2 rings (SSSR count). The number of rotatable bonds is 7. The van der Waals surface area contributed by atoms with E-state index in [0.717, 1.165) is 25.3 Å². The van der Waals surface area contributed by atoms with E-state index in [2.05, 4.69) is 29.5 Å². The number of hydrogen-bond donors (Lipinski definition) is 1. The Morgan fingerprint density at radius 3 is 2.63 bits per heavy atom. The van der Waals surface area contributed by atoms with Gasteiger partial charge in [-0.05, 0) is 30.3 Å². The molecule has 0 aliphatic rings. The van der Waals surface area contributed by atoms with Gasteiger partial charge in [0.1, 0.15) is 5.75 Å². The number of benzene rings is 1. The minimum Gasteiger partial charge on any atom is -0.493 e. The molecule has 0 aliphatic carbocycles. The molecule has 1 aromatic carbocycles. The fourth-order valence-corrected chi connectivity index (χ4v) is 1.89. The third-order valence-corrected chi connectivity index (χ3v) is 3.05. The molecular formula is C15H21N3O. The molecule has 1 heterocycles. The van der Waals surface area contributed by atoms with E-state index in [1.54, 1.807) is 0 Å². The Labute approximate surface area is 114 Å². The topological polar surface area (TPSA) is 39.1 Å².